The summed E-state index contributed by atoms with van der Waals surface area (Å²) in [5, 5.41) is 11.9. The predicted octanol–water partition coefficient (Wildman–Crippen LogP) is 8.41. The van der Waals surface area contributed by atoms with Crippen molar-refractivity contribution in [1.82, 2.24) is 0 Å². The van der Waals surface area contributed by atoms with E-state index in [1.54, 1.807) is 13.2 Å². The first-order valence-corrected chi connectivity index (χ1v) is 20.6. The van der Waals surface area contributed by atoms with Gasteiger partial charge in [-0.25, -0.2) is 4.79 Å². The van der Waals surface area contributed by atoms with Crippen molar-refractivity contribution in [3.63, 3.8) is 0 Å². The maximum absolute atomic E-state index is 12.5. The van der Waals surface area contributed by atoms with Crippen molar-refractivity contribution >= 4 is 14.3 Å². The summed E-state index contributed by atoms with van der Waals surface area (Å²) in [4.78, 5) is 12.5. The smallest absolute Gasteiger partial charge is 0.330 e. The number of esters is 1. The quantitative estimate of drug-likeness (QED) is 0.0790. The van der Waals surface area contributed by atoms with Crippen molar-refractivity contribution in [2.75, 3.05) is 27.9 Å². The lowest BCUT2D eigenvalue weighted by molar-refractivity contribution is -0.350. The van der Waals surface area contributed by atoms with Gasteiger partial charge in [0.25, 0.3) is 0 Å². The highest BCUT2D eigenvalue weighted by molar-refractivity contribution is 6.74. The second-order valence-electron chi connectivity index (χ2n) is 15.2. The Hall–Kier alpha value is -2.83. The lowest BCUT2D eigenvalue weighted by Gasteiger charge is -2.54. The molecule has 0 amide bonds. The van der Waals surface area contributed by atoms with E-state index in [0.29, 0.717) is 25.2 Å². The molecule has 1 fully saturated rings. The third kappa shape index (κ3) is 12.4. The summed E-state index contributed by atoms with van der Waals surface area (Å²) in [5.41, 5.74) is 1.67. The Morgan fingerprint density at radius 2 is 1.57 bits per heavy atom. The van der Waals surface area contributed by atoms with Gasteiger partial charge in [0.1, 0.15) is 11.9 Å². The number of benzene rings is 2. The number of hydrogen-bond donors (Lipinski definition) is 1. The summed E-state index contributed by atoms with van der Waals surface area (Å²) in [6, 6.07) is 17.7. The van der Waals surface area contributed by atoms with Crippen LogP contribution in [0.3, 0.4) is 0 Å². The van der Waals surface area contributed by atoms with Crippen LogP contribution in [0.5, 0.6) is 5.75 Å². The van der Waals surface area contributed by atoms with E-state index in [-0.39, 0.29) is 24.2 Å². The fourth-order valence-corrected chi connectivity index (χ4v) is 6.74. The largest absolute Gasteiger partial charge is 0.497 e. The molecule has 1 unspecified atom stereocenters. The fourth-order valence-electron chi connectivity index (χ4n) is 5.58. The van der Waals surface area contributed by atoms with Crippen molar-refractivity contribution < 1.29 is 42.7 Å². The minimum Gasteiger partial charge on any atom is -0.497 e. The molecule has 0 aromatic heterocycles. The molecule has 2 aromatic carbocycles. The molecule has 2 aromatic rings. The highest BCUT2D eigenvalue weighted by atomic mass is 28.4. The third-order valence-corrected chi connectivity index (χ3v) is 14.3. The number of allylic oxidation sites excluding steroid dienone is 1. The average Bonchev–Trinajstić information content (AvgIpc) is 3.09. The van der Waals surface area contributed by atoms with Gasteiger partial charge >= 0.3 is 5.97 Å². The minimum absolute atomic E-state index is 0.0157. The van der Waals surface area contributed by atoms with Gasteiger partial charge in [-0.3, -0.25) is 0 Å². The maximum atomic E-state index is 12.5. The van der Waals surface area contributed by atoms with Crippen LogP contribution >= 0.6 is 0 Å². The van der Waals surface area contributed by atoms with Gasteiger partial charge in [-0.1, -0.05) is 83.2 Å². The zero-order valence-electron chi connectivity index (χ0n) is 33.1. The molecular weight excluding hydrogens is 665 g/mol. The van der Waals surface area contributed by atoms with Crippen LogP contribution in [-0.2, 0) is 46.1 Å². The number of aliphatic hydroxyl groups is 1. The summed E-state index contributed by atoms with van der Waals surface area (Å²) >= 11 is 0. The van der Waals surface area contributed by atoms with Gasteiger partial charge in [0.15, 0.2) is 8.32 Å². The summed E-state index contributed by atoms with van der Waals surface area (Å²) in [6.45, 7) is 23.1. The normalized spacial score (nSPS) is 21.6. The van der Waals surface area contributed by atoms with Crippen LogP contribution in [0.4, 0.5) is 0 Å². The van der Waals surface area contributed by atoms with Gasteiger partial charge in [0, 0.05) is 31.6 Å². The molecule has 1 saturated heterocycles. The minimum atomic E-state index is -2.17. The lowest BCUT2D eigenvalue weighted by atomic mass is 9.75. The zero-order valence-corrected chi connectivity index (χ0v) is 34.1. The first-order chi connectivity index (χ1) is 23.9. The highest BCUT2D eigenvalue weighted by Gasteiger charge is 2.58. The number of aliphatic hydroxyl groups excluding tert-OH is 1. The van der Waals surface area contributed by atoms with Gasteiger partial charge < -0.3 is 38.0 Å². The van der Waals surface area contributed by atoms with E-state index in [1.807, 2.05) is 82.3 Å². The molecule has 10 heteroatoms. The molecule has 9 nitrogen and oxygen atoms in total. The topological polar surface area (TPSA) is 102 Å². The van der Waals surface area contributed by atoms with Crippen LogP contribution in [0.1, 0.15) is 72.4 Å². The summed E-state index contributed by atoms with van der Waals surface area (Å²) in [7, 11) is 2.32. The van der Waals surface area contributed by atoms with Crippen molar-refractivity contribution in [2.24, 2.45) is 5.41 Å². The number of methoxy groups -OCH3 is 3. The first-order valence-electron chi connectivity index (χ1n) is 17.7. The maximum Gasteiger partial charge on any atom is 0.330 e. The van der Waals surface area contributed by atoms with Crippen LogP contribution in [0.2, 0.25) is 18.1 Å². The molecule has 1 heterocycles. The number of rotatable bonds is 16. The average molecular weight is 729 g/mol. The van der Waals surface area contributed by atoms with Crippen molar-refractivity contribution in [2.45, 2.75) is 123 Å². The number of carbonyl (C=O) groups is 1. The predicted molar refractivity (Wildman–Crippen MR) is 205 cm³/mol. The monoisotopic (exact) mass is 728 g/mol. The molecule has 3 rings (SSSR count). The summed E-state index contributed by atoms with van der Waals surface area (Å²) < 4.78 is 42.9. The van der Waals surface area contributed by atoms with Gasteiger partial charge in [0.05, 0.1) is 45.7 Å². The van der Waals surface area contributed by atoms with Crippen LogP contribution in [0.15, 0.2) is 78.9 Å². The van der Waals surface area contributed by atoms with Crippen molar-refractivity contribution in [3.05, 3.63) is 90.0 Å². The van der Waals surface area contributed by atoms with Crippen molar-refractivity contribution in [1.29, 1.82) is 0 Å². The van der Waals surface area contributed by atoms with Crippen LogP contribution in [0, 0.1) is 5.41 Å². The Morgan fingerprint density at radius 1 is 1.00 bits per heavy atom. The molecule has 1 N–H and O–H groups in total. The Labute approximate surface area is 308 Å². The first kappa shape index (κ1) is 44.3. The lowest BCUT2D eigenvalue weighted by Crippen LogP contribution is -2.64. The second kappa shape index (κ2) is 19.8. The molecule has 0 saturated carbocycles. The Morgan fingerprint density at radius 3 is 2.10 bits per heavy atom. The summed E-state index contributed by atoms with van der Waals surface area (Å²) in [6.07, 6.45) is 1.30. The van der Waals surface area contributed by atoms with E-state index in [4.69, 9.17) is 32.8 Å². The molecule has 0 radical (unpaired) electrons. The van der Waals surface area contributed by atoms with E-state index in [1.165, 1.54) is 20.3 Å². The van der Waals surface area contributed by atoms with Crippen LogP contribution in [-0.4, -0.2) is 77.5 Å². The molecule has 286 valence electrons. The highest BCUT2D eigenvalue weighted by Crippen LogP contribution is 2.48. The second-order valence-corrected chi connectivity index (χ2v) is 20.0. The Bertz CT molecular complexity index is 1370. The molecule has 1 aliphatic heterocycles. The SMILES string of the molecule is C=CC.COC(=O)/C=C1\C[C@@H](C[C@@H](OCc2ccc(OC)cc2)[C@@H](C)OCc2ccccc2)O[C@@](OC)(C(C)(C)CO[Si](C)(C)C(C)(C)C)C1O. The fraction of sp³-hybridized carbons (Fsp3) is 0.585. The molecule has 0 spiro atoms. The van der Waals surface area contributed by atoms with E-state index in [9.17, 15) is 9.90 Å². The van der Waals surface area contributed by atoms with Gasteiger partial charge in [-0.2, -0.15) is 0 Å². The number of ether oxygens (including phenoxy) is 6. The number of hydrogen-bond acceptors (Lipinski definition) is 9. The summed E-state index contributed by atoms with van der Waals surface area (Å²) in [5.74, 6) is -1.32. The zero-order chi connectivity index (χ0) is 38.5. The van der Waals surface area contributed by atoms with E-state index in [2.05, 4.69) is 40.4 Å². The van der Waals surface area contributed by atoms with Gasteiger partial charge in [-0.05, 0) is 67.2 Å². The van der Waals surface area contributed by atoms with Crippen LogP contribution in [0.25, 0.3) is 0 Å². The standard InChI is InChI=1S/C38H58O9Si.C3H6/c1-27(44-24-28-15-13-12-14-16-28)33(45-25-29-17-19-31(41-7)20-18-29)23-32-21-30(22-34(39)42-8)35(40)38(43-9,47-32)37(5,6)26-46-48(10,11)36(2,3)4;1-3-2/h12-20,22,27,32-33,35,40H,21,23-26H2,1-11H3;3H,1H2,2H3/b30-22+;/t27-,32+,33-,35?,38-;/m1./s1. The molecule has 0 bridgehead atoms. The van der Waals surface area contributed by atoms with Crippen LogP contribution < -0.4 is 4.74 Å². The number of carbonyl (C=O) groups excluding carboxylic acids is 1. The van der Waals surface area contributed by atoms with E-state index >= 15 is 0 Å². The molecular formula is C41H64O9Si. The molecule has 5 atom stereocenters. The third-order valence-electron chi connectivity index (χ3n) is 9.86. The van der Waals surface area contributed by atoms with Gasteiger partial charge in [-0.15, -0.1) is 6.58 Å². The van der Waals surface area contributed by atoms with E-state index in [0.717, 1.165) is 16.9 Å². The van der Waals surface area contributed by atoms with Gasteiger partial charge in [0.2, 0.25) is 5.79 Å². The van der Waals surface area contributed by atoms with Crippen molar-refractivity contribution in [3.8, 4) is 5.75 Å². The molecule has 1 aliphatic rings. The molecule has 0 aliphatic carbocycles. The Kier molecular flexibility index (Phi) is 17.3. The Balaban J connectivity index is 0.00000290. The molecule has 51 heavy (non-hydrogen) atoms. The van der Waals surface area contributed by atoms with E-state index < -0.39 is 43.8 Å².